The zero-order valence-electron chi connectivity index (χ0n) is 10.7. The van der Waals surface area contributed by atoms with E-state index in [4.69, 9.17) is 0 Å². The molecule has 1 saturated heterocycles. The molecule has 1 aromatic carbocycles. The predicted octanol–water partition coefficient (Wildman–Crippen LogP) is 1.53. The molecule has 4 nitrogen and oxygen atoms in total. The van der Waals surface area contributed by atoms with Gasteiger partial charge >= 0.3 is 0 Å². The summed E-state index contributed by atoms with van der Waals surface area (Å²) in [6.07, 6.45) is 5.71. The van der Waals surface area contributed by atoms with Crippen LogP contribution in [0.15, 0.2) is 30.3 Å². The molecule has 0 bridgehead atoms. The van der Waals surface area contributed by atoms with E-state index in [1.165, 1.54) is 16.6 Å². The Bertz CT molecular complexity index is 678. The fraction of sp³-hybridized carbons (Fsp3) is 0.357. The molecule has 1 heterocycles. The van der Waals surface area contributed by atoms with Crippen LogP contribution in [0.1, 0.15) is 24.0 Å². The molecule has 1 aliphatic carbocycles. The molecule has 1 aliphatic heterocycles. The Labute approximate surface area is 112 Å². The minimum absolute atomic E-state index is 0.130. The van der Waals surface area contributed by atoms with Crippen molar-refractivity contribution in [1.29, 1.82) is 0 Å². The van der Waals surface area contributed by atoms with Crippen molar-refractivity contribution in [3.63, 3.8) is 0 Å². The van der Waals surface area contributed by atoms with Crippen LogP contribution in [-0.2, 0) is 20.4 Å². The summed E-state index contributed by atoms with van der Waals surface area (Å²) >= 11 is 0. The zero-order chi connectivity index (χ0) is 13.7. The Hall–Kier alpha value is -1.46. The number of benzene rings is 1. The van der Waals surface area contributed by atoms with Gasteiger partial charge in [0.25, 0.3) is 0 Å². The van der Waals surface area contributed by atoms with Gasteiger partial charge in [-0.05, 0) is 30.0 Å². The molecule has 0 saturated carbocycles. The zero-order valence-corrected chi connectivity index (χ0v) is 11.5. The Morgan fingerprint density at radius 3 is 2.68 bits per heavy atom. The van der Waals surface area contributed by atoms with Crippen LogP contribution >= 0.6 is 0 Å². The van der Waals surface area contributed by atoms with Gasteiger partial charge in [-0.25, -0.2) is 8.42 Å². The van der Waals surface area contributed by atoms with Crippen LogP contribution in [-0.4, -0.2) is 31.3 Å². The average Bonchev–Trinajstić information content (AvgIpc) is 2.80. The molecular weight excluding hydrogens is 262 g/mol. The first-order valence-corrected chi connectivity index (χ1v) is 8.11. The molecule has 0 amide bonds. The number of hydrogen-bond acceptors (Lipinski definition) is 3. The highest BCUT2D eigenvalue weighted by Crippen LogP contribution is 2.45. The van der Waals surface area contributed by atoms with Gasteiger partial charge in [-0.2, -0.15) is 4.31 Å². The van der Waals surface area contributed by atoms with Gasteiger partial charge in [0.1, 0.15) is 5.54 Å². The normalized spacial score (nSPS) is 26.9. The fourth-order valence-electron chi connectivity index (χ4n) is 3.21. The van der Waals surface area contributed by atoms with E-state index < -0.39 is 15.6 Å². The smallest absolute Gasteiger partial charge is 0.212 e. The molecule has 1 unspecified atom stereocenters. The van der Waals surface area contributed by atoms with Crippen molar-refractivity contribution < 1.29 is 13.2 Å². The van der Waals surface area contributed by atoms with Crippen molar-refractivity contribution in [2.75, 3.05) is 12.8 Å². The van der Waals surface area contributed by atoms with Crippen LogP contribution in [0, 0.1) is 0 Å². The van der Waals surface area contributed by atoms with E-state index in [0.29, 0.717) is 19.4 Å². The highest BCUT2D eigenvalue weighted by atomic mass is 32.2. The summed E-state index contributed by atoms with van der Waals surface area (Å²) in [6.45, 7) is 0.409. The molecule has 1 atom stereocenters. The maximum Gasteiger partial charge on any atom is 0.212 e. The summed E-state index contributed by atoms with van der Waals surface area (Å²) in [7, 11) is -3.41. The van der Waals surface area contributed by atoms with E-state index in [0.717, 1.165) is 11.1 Å². The van der Waals surface area contributed by atoms with Crippen LogP contribution in [0.4, 0.5) is 0 Å². The predicted molar refractivity (Wildman–Crippen MR) is 72.9 cm³/mol. The monoisotopic (exact) mass is 277 g/mol. The summed E-state index contributed by atoms with van der Waals surface area (Å²) in [4.78, 5) is 12.4. The maximum atomic E-state index is 12.4. The third kappa shape index (κ3) is 1.69. The molecule has 0 N–H and O–H groups in total. The lowest BCUT2D eigenvalue weighted by Gasteiger charge is -2.38. The molecule has 1 fully saturated rings. The first-order chi connectivity index (χ1) is 8.96. The van der Waals surface area contributed by atoms with Gasteiger partial charge in [-0.3, -0.25) is 4.79 Å². The maximum absolute atomic E-state index is 12.4. The molecular formula is C14H15NO3S. The second-order valence-corrected chi connectivity index (χ2v) is 6.99. The SMILES string of the molecule is CS(=O)(=O)N1CCCC12C(=O)C=Cc1ccccc12. The second kappa shape index (κ2) is 4.02. The Kier molecular flexibility index (Phi) is 2.66. The van der Waals surface area contributed by atoms with E-state index in [-0.39, 0.29) is 5.78 Å². The van der Waals surface area contributed by atoms with Crippen molar-refractivity contribution in [2.24, 2.45) is 0 Å². The van der Waals surface area contributed by atoms with Crippen molar-refractivity contribution in [2.45, 2.75) is 18.4 Å². The quantitative estimate of drug-likeness (QED) is 0.782. The molecule has 19 heavy (non-hydrogen) atoms. The van der Waals surface area contributed by atoms with Crippen molar-refractivity contribution in [3.05, 3.63) is 41.5 Å². The van der Waals surface area contributed by atoms with Gasteiger partial charge < -0.3 is 0 Å². The summed E-state index contributed by atoms with van der Waals surface area (Å²) in [6, 6.07) is 7.53. The minimum atomic E-state index is -3.41. The largest absolute Gasteiger partial charge is 0.292 e. The van der Waals surface area contributed by atoms with E-state index >= 15 is 0 Å². The molecule has 3 rings (SSSR count). The van der Waals surface area contributed by atoms with Crippen molar-refractivity contribution >= 4 is 21.9 Å². The van der Waals surface area contributed by atoms with Gasteiger partial charge in [0, 0.05) is 6.54 Å². The number of rotatable bonds is 1. The molecule has 0 radical (unpaired) electrons. The van der Waals surface area contributed by atoms with Gasteiger partial charge in [-0.15, -0.1) is 0 Å². The number of sulfonamides is 1. The van der Waals surface area contributed by atoms with Crippen LogP contribution < -0.4 is 0 Å². The lowest BCUT2D eigenvalue weighted by Crippen LogP contribution is -2.50. The lowest BCUT2D eigenvalue weighted by atomic mass is 9.78. The summed E-state index contributed by atoms with van der Waals surface area (Å²) in [5, 5.41) is 0. The number of fused-ring (bicyclic) bond motifs is 2. The topological polar surface area (TPSA) is 54.5 Å². The molecule has 1 aromatic rings. The van der Waals surface area contributed by atoms with Crippen LogP contribution in [0.3, 0.4) is 0 Å². The number of hydrogen-bond donors (Lipinski definition) is 0. The third-order valence-corrected chi connectivity index (χ3v) is 5.25. The first kappa shape index (κ1) is 12.6. The number of carbonyl (C=O) groups is 1. The first-order valence-electron chi connectivity index (χ1n) is 6.26. The lowest BCUT2D eigenvalue weighted by molar-refractivity contribution is -0.123. The van der Waals surface area contributed by atoms with Gasteiger partial charge in [0.15, 0.2) is 5.78 Å². The minimum Gasteiger partial charge on any atom is -0.292 e. The molecule has 5 heteroatoms. The van der Waals surface area contributed by atoms with E-state index in [1.807, 2.05) is 24.3 Å². The van der Waals surface area contributed by atoms with Gasteiger partial charge in [0.2, 0.25) is 10.0 Å². The standard InChI is InChI=1S/C14H15NO3S/c1-19(17,18)15-10-4-9-14(15)12-6-3-2-5-11(12)7-8-13(14)16/h2-3,5-8H,4,9-10H2,1H3. The summed E-state index contributed by atoms with van der Waals surface area (Å²) in [5.41, 5.74) is 0.724. The van der Waals surface area contributed by atoms with Crippen molar-refractivity contribution in [1.82, 2.24) is 4.31 Å². The molecule has 1 spiro atoms. The highest BCUT2D eigenvalue weighted by molar-refractivity contribution is 7.88. The summed E-state index contributed by atoms with van der Waals surface area (Å²) < 4.78 is 25.4. The van der Waals surface area contributed by atoms with Gasteiger partial charge in [0.05, 0.1) is 6.26 Å². The van der Waals surface area contributed by atoms with E-state index in [2.05, 4.69) is 0 Å². The van der Waals surface area contributed by atoms with Crippen LogP contribution in [0.2, 0.25) is 0 Å². The third-order valence-electron chi connectivity index (χ3n) is 3.95. The Morgan fingerprint density at radius 1 is 1.21 bits per heavy atom. The number of carbonyl (C=O) groups excluding carboxylic acids is 1. The average molecular weight is 277 g/mol. The molecule has 100 valence electrons. The van der Waals surface area contributed by atoms with Crippen molar-refractivity contribution in [3.8, 4) is 0 Å². The van der Waals surface area contributed by atoms with Crippen LogP contribution in [0.25, 0.3) is 6.08 Å². The molecule has 0 aromatic heterocycles. The Morgan fingerprint density at radius 2 is 1.95 bits per heavy atom. The van der Waals surface area contributed by atoms with E-state index in [9.17, 15) is 13.2 Å². The summed E-state index contributed by atoms with van der Waals surface area (Å²) in [5.74, 6) is -0.130. The number of ketones is 1. The highest BCUT2D eigenvalue weighted by Gasteiger charge is 2.53. The van der Waals surface area contributed by atoms with Crippen LogP contribution in [0.5, 0.6) is 0 Å². The second-order valence-electron chi connectivity index (χ2n) is 5.08. The molecule has 2 aliphatic rings. The number of nitrogens with zero attached hydrogens (tertiary/aromatic N) is 1. The fourth-order valence-corrected chi connectivity index (χ4v) is 4.52. The Balaban J connectivity index is 2.28. The van der Waals surface area contributed by atoms with Gasteiger partial charge in [-0.1, -0.05) is 30.3 Å². The van der Waals surface area contributed by atoms with E-state index in [1.54, 1.807) is 6.08 Å².